The van der Waals surface area contributed by atoms with E-state index in [9.17, 15) is 4.79 Å². The highest BCUT2D eigenvalue weighted by atomic mass is 35.5. The number of nitrogens with zero attached hydrogens (tertiary/aromatic N) is 3. The minimum atomic E-state index is -0.500. The van der Waals surface area contributed by atoms with Gasteiger partial charge in [-0.2, -0.15) is 9.97 Å². The van der Waals surface area contributed by atoms with Gasteiger partial charge in [0.25, 0.3) is 0 Å². The summed E-state index contributed by atoms with van der Waals surface area (Å²) in [6, 6.07) is 6.77. The van der Waals surface area contributed by atoms with Crippen molar-refractivity contribution in [3.63, 3.8) is 0 Å². The highest BCUT2D eigenvalue weighted by Crippen LogP contribution is 2.30. The van der Waals surface area contributed by atoms with Gasteiger partial charge in [0.05, 0.1) is 31.9 Å². The van der Waals surface area contributed by atoms with Crippen LogP contribution in [0.15, 0.2) is 24.3 Å². The predicted molar refractivity (Wildman–Crippen MR) is 98.5 cm³/mol. The summed E-state index contributed by atoms with van der Waals surface area (Å²) in [7, 11) is 2.99. The van der Waals surface area contributed by atoms with E-state index in [1.165, 1.54) is 19.2 Å². The van der Waals surface area contributed by atoms with Gasteiger partial charge in [-0.3, -0.25) is 5.43 Å². The van der Waals surface area contributed by atoms with E-state index in [0.717, 1.165) is 0 Å². The average molecular weight is 395 g/mol. The number of nitrogens with one attached hydrogen (secondary N) is 1. The van der Waals surface area contributed by atoms with Crippen molar-refractivity contribution < 1.29 is 19.0 Å². The molecule has 8 nitrogen and oxygen atoms in total. The third-order valence-electron chi connectivity index (χ3n) is 3.58. The van der Waals surface area contributed by atoms with Crippen molar-refractivity contribution in [2.45, 2.75) is 0 Å². The van der Waals surface area contributed by atoms with Gasteiger partial charge in [0, 0.05) is 11.1 Å². The maximum Gasteiger partial charge on any atom is 0.428 e. The summed E-state index contributed by atoms with van der Waals surface area (Å²) in [6.07, 6.45) is -0.500. The smallest absolute Gasteiger partial charge is 0.428 e. The van der Waals surface area contributed by atoms with Crippen molar-refractivity contribution in [2.75, 3.05) is 27.4 Å². The number of aromatic nitrogens is 2. The number of carbonyl (C=O) groups excluding carboxylic acids is 1. The van der Waals surface area contributed by atoms with E-state index in [0.29, 0.717) is 46.9 Å². The number of cyclic esters (lactones) is 1. The summed E-state index contributed by atoms with van der Waals surface area (Å²) in [5, 5.41) is 1.67. The second-order valence-electron chi connectivity index (χ2n) is 5.15. The lowest BCUT2D eigenvalue weighted by Gasteiger charge is -2.19. The van der Waals surface area contributed by atoms with E-state index in [4.69, 9.17) is 38.0 Å². The minimum absolute atomic E-state index is 0.245. The molecule has 2 heterocycles. The van der Waals surface area contributed by atoms with Gasteiger partial charge in [0.15, 0.2) is 5.82 Å². The molecule has 1 saturated heterocycles. The Morgan fingerprint density at radius 3 is 2.58 bits per heavy atom. The topological polar surface area (TPSA) is 85.8 Å². The van der Waals surface area contributed by atoms with E-state index in [1.807, 2.05) is 0 Å². The predicted octanol–water partition coefficient (Wildman–Crippen LogP) is 2.45. The standard InChI is InChI=1S/C16H15ClN4O4S/c1-23-11-8-12(24-2)19-14(18-11)9-4-3-5-10(17)13(9)15(26)20-21-6-7-25-16(21)22/h3-5,8H,6-7H2,1-2H3,(H,20,26). The molecule has 0 aliphatic carbocycles. The lowest BCUT2D eigenvalue weighted by Crippen LogP contribution is -2.42. The molecule has 1 aromatic carbocycles. The Labute approximate surface area is 160 Å². The molecule has 1 N–H and O–H groups in total. The van der Waals surface area contributed by atoms with Gasteiger partial charge in [-0.25, -0.2) is 9.80 Å². The Bertz CT molecular complexity index is 842. The molecule has 136 valence electrons. The van der Waals surface area contributed by atoms with E-state index in [-0.39, 0.29) is 4.99 Å². The first kappa shape index (κ1) is 18.2. The normalized spacial score (nSPS) is 13.3. The zero-order chi connectivity index (χ0) is 18.7. The van der Waals surface area contributed by atoms with Crippen LogP contribution in [0.25, 0.3) is 11.4 Å². The summed E-state index contributed by atoms with van der Waals surface area (Å²) < 4.78 is 15.3. The molecule has 26 heavy (non-hydrogen) atoms. The number of amides is 1. The zero-order valence-electron chi connectivity index (χ0n) is 14.0. The van der Waals surface area contributed by atoms with Gasteiger partial charge in [-0.15, -0.1) is 0 Å². The minimum Gasteiger partial charge on any atom is -0.481 e. The van der Waals surface area contributed by atoms with Crippen molar-refractivity contribution in [1.29, 1.82) is 0 Å². The van der Waals surface area contributed by atoms with E-state index >= 15 is 0 Å². The molecule has 2 aromatic rings. The number of hydrogen-bond acceptors (Lipinski definition) is 7. The monoisotopic (exact) mass is 394 g/mol. The number of thiocarbonyl (C=S) groups is 1. The molecule has 1 aromatic heterocycles. The van der Waals surface area contributed by atoms with Crippen LogP contribution in [0.3, 0.4) is 0 Å². The Balaban J connectivity index is 2.02. The van der Waals surface area contributed by atoms with Crippen molar-refractivity contribution in [3.05, 3.63) is 34.9 Å². The molecule has 10 heteroatoms. The number of carbonyl (C=O) groups is 1. The summed E-state index contributed by atoms with van der Waals surface area (Å²) in [4.78, 5) is 20.6. The summed E-state index contributed by atoms with van der Waals surface area (Å²) in [6.45, 7) is 0.669. The second-order valence-corrected chi connectivity index (χ2v) is 5.96. The summed E-state index contributed by atoms with van der Waals surface area (Å²) in [5.41, 5.74) is 3.90. The van der Waals surface area contributed by atoms with Crippen molar-refractivity contribution in [2.24, 2.45) is 0 Å². The van der Waals surface area contributed by atoms with Gasteiger partial charge < -0.3 is 14.2 Å². The highest BCUT2D eigenvalue weighted by Gasteiger charge is 2.25. The Morgan fingerprint density at radius 2 is 2.00 bits per heavy atom. The fourth-order valence-electron chi connectivity index (χ4n) is 2.35. The van der Waals surface area contributed by atoms with Crippen LogP contribution in [0.2, 0.25) is 5.02 Å². The van der Waals surface area contributed by atoms with Crippen LogP contribution in [-0.4, -0.2) is 53.4 Å². The first-order chi connectivity index (χ1) is 12.5. The molecule has 1 aliphatic rings. The van der Waals surface area contributed by atoms with Crippen molar-refractivity contribution >= 4 is 34.9 Å². The van der Waals surface area contributed by atoms with Crippen LogP contribution < -0.4 is 14.9 Å². The van der Waals surface area contributed by atoms with Crippen LogP contribution >= 0.6 is 23.8 Å². The molecule has 0 bridgehead atoms. The molecule has 3 rings (SSSR count). The first-order valence-corrected chi connectivity index (χ1v) is 8.33. The number of benzene rings is 1. The third kappa shape index (κ3) is 3.63. The lowest BCUT2D eigenvalue weighted by atomic mass is 10.1. The maximum atomic E-state index is 11.6. The van der Waals surface area contributed by atoms with Crippen molar-refractivity contribution in [1.82, 2.24) is 20.4 Å². The van der Waals surface area contributed by atoms with Crippen LogP contribution in [0, 0.1) is 0 Å². The Morgan fingerprint density at radius 1 is 1.31 bits per heavy atom. The molecule has 1 amide bonds. The van der Waals surface area contributed by atoms with Crippen LogP contribution in [0.4, 0.5) is 4.79 Å². The fourth-order valence-corrected chi connectivity index (χ4v) is 3.00. The van der Waals surface area contributed by atoms with Gasteiger partial charge in [0.1, 0.15) is 11.6 Å². The number of ether oxygens (including phenoxy) is 3. The molecule has 0 atom stereocenters. The van der Waals surface area contributed by atoms with Crippen LogP contribution in [-0.2, 0) is 4.74 Å². The molecule has 0 unspecified atom stereocenters. The van der Waals surface area contributed by atoms with Gasteiger partial charge in [0.2, 0.25) is 11.8 Å². The molecule has 1 fully saturated rings. The van der Waals surface area contributed by atoms with Crippen LogP contribution in [0.5, 0.6) is 11.8 Å². The fraction of sp³-hybridized carbons (Fsp3) is 0.250. The van der Waals surface area contributed by atoms with Crippen LogP contribution in [0.1, 0.15) is 5.56 Å². The number of hydrogen-bond donors (Lipinski definition) is 1. The van der Waals surface area contributed by atoms with Crippen molar-refractivity contribution in [3.8, 4) is 23.1 Å². The number of rotatable bonds is 5. The second kappa shape index (κ2) is 7.71. The molecular formula is C16H15ClN4O4S. The first-order valence-electron chi connectivity index (χ1n) is 7.54. The van der Waals surface area contributed by atoms with Gasteiger partial charge >= 0.3 is 6.09 Å². The Hall–Kier alpha value is -2.65. The maximum absolute atomic E-state index is 11.6. The molecule has 1 aliphatic heterocycles. The molecule has 0 saturated carbocycles. The quantitative estimate of drug-likeness (QED) is 0.774. The third-order valence-corrected chi connectivity index (χ3v) is 4.19. The van der Waals surface area contributed by atoms with E-state index < -0.39 is 6.09 Å². The average Bonchev–Trinajstić information content (AvgIpc) is 3.05. The van der Waals surface area contributed by atoms with Gasteiger partial charge in [-0.05, 0) is 6.07 Å². The largest absolute Gasteiger partial charge is 0.481 e. The summed E-state index contributed by atoms with van der Waals surface area (Å²) in [5.74, 6) is 0.992. The highest BCUT2D eigenvalue weighted by molar-refractivity contribution is 7.80. The van der Waals surface area contributed by atoms with E-state index in [2.05, 4.69) is 15.4 Å². The number of methoxy groups -OCH3 is 2. The molecular weight excluding hydrogens is 380 g/mol. The van der Waals surface area contributed by atoms with E-state index in [1.54, 1.807) is 24.3 Å². The molecule has 0 spiro atoms. The zero-order valence-corrected chi connectivity index (χ0v) is 15.6. The Kier molecular flexibility index (Phi) is 5.38. The lowest BCUT2D eigenvalue weighted by molar-refractivity contribution is 0.153. The summed E-state index contributed by atoms with van der Waals surface area (Å²) >= 11 is 11.8. The molecule has 0 radical (unpaired) electrons. The SMILES string of the molecule is COc1cc(OC)nc(-c2cccc(Cl)c2C(=S)NN2CCOC2=O)n1. The number of hydrazine groups is 1. The van der Waals surface area contributed by atoms with Gasteiger partial charge in [-0.1, -0.05) is 36.0 Å². The number of halogens is 1.